The van der Waals surface area contributed by atoms with Gasteiger partial charge in [0.05, 0.1) is 22.4 Å². The van der Waals surface area contributed by atoms with Gasteiger partial charge >= 0.3 is 0 Å². The standard InChI is InChI=1S/C15H24BrN3O/c1-5-12-15(16)13(19(6-2)17-12)9-18-8-11(10(3)4)7-14(18)20/h10-11H,5-9H2,1-4H3. The van der Waals surface area contributed by atoms with Gasteiger partial charge in [-0.05, 0) is 41.1 Å². The Morgan fingerprint density at radius 1 is 1.40 bits per heavy atom. The minimum absolute atomic E-state index is 0.275. The zero-order valence-corrected chi connectivity index (χ0v) is 14.4. The number of aromatic nitrogens is 2. The Bertz CT molecular complexity index is 496. The lowest BCUT2D eigenvalue weighted by molar-refractivity contribution is -0.128. The van der Waals surface area contributed by atoms with Crippen molar-refractivity contribution in [2.75, 3.05) is 6.54 Å². The Balaban J connectivity index is 2.18. The van der Waals surface area contributed by atoms with Gasteiger partial charge in [-0.2, -0.15) is 5.10 Å². The second-order valence-corrected chi connectivity index (χ2v) is 6.65. The molecule has 1 unspecified atom stereocenters. The zero-order valence-electron chi connectivity index (χ0n) is 12.8. The summed E-state index contributed by atoms with van der Waals surface area (Å²) in [6, 6.07) is 0. The maximum atomic E-state index is 12.2. The Morgan fingerprint density at radius 2 is 2.10 bits per heavy atom. The highest BCUT2D eigenvalue weighted by molar-refractivity contribution is 9.10. The van der Waals surface area contributed by atoms with E-state index in [0.717, 1.165) is 35.4 Å². The van der Waals surface area contributed by atoms with E-state index in [1.807, 2.05) is 9.58 Å². The van der Waals surface area contributed by atoms with Gasteiger partial charge in [-0.3, -0.25) is 9.48 Å². The topological polar surface area (TPSA) is 38.1 Å². The largest absolute Gasteiger partial charge is 0.336 e. The van der Waals surface area contributed by atoms with E-state index in [0.29, 0.717) is 24.8 Å². The second kappa shape index (κ2) is 6.29. The van der Waals surface area contributed by atoms with E-state index >= 15 is 0 Å². The van der Waals surface area contributed by atoms with Crippen molar-refractivity contribution in [3.05, 3.63) is 15.9 Å². The summed E-state index contributed by atoms with van der Waals surface area (Å²) in [6.07, 6.45) is 1.60. The molecule has 0 aliphatic carbocycles. The van der Waals surface area contributed by atoms with Crippen LogP contribution in [0.1, 0.15) is 45.5 Å². The van der Waals surface area contributed by atoms with E-state index in [-0.39, 0.29) is 5.91 Å². The highest BCUT2D eigenvalue weighted by Crippen LogP contribution is 2.29. The first kappa shape index (κ1) is 15.5. The van der Waals surface area contributed by atoms with E-state index in [1.165, 1.54) is 0 Å². The smallest absolute Gasteiger partial charge is 0.223 e. The number of amides is 1. The van der Waals surface area contributed by atoms with Gasteiger partial charge in [-0.25, -0.2) is 0 Å². The average molecular weight is 342 g/mol. The number of likely N-dealkylation sites (tertiary alicyclic amines) is 1. The third kappa shape index (κ3) is 2.92. The van der Waals surface area contributed by atoms with Gasteiger partial charge in [0, 0.05) is 19.5 Å². The summed E-state index contributed by atoms with van der Waals surface area (Å²) in [5.74, 6) is 1.33. The molecule has 112 valence electrons. The van der Waals surface area contributed by atoms with Crippen LogP contribution in [-0.2, 0) is 24.3 Å². The lowest BCUT2D eigenvalue weighted by Crippen LogP contribution is -2.26. The minimum Gasteiger partial charge on any atom is -0.336 e. The van der Waals surface area contributed by atoms with Crippen LogP contribution in [0.25, 0.3) is 0 Å². The molecule has 1 aromatic heterocycles. The molecule has 4 nitrogen and oxygen atoms in total. The molecule has 0 radical (unpaired) electrons. The summed E-state index contributed by atoms with van der Waals surface area (Å²) in [4.78, 5) is 14.1. The third-order valence-electron chi connectivity index (χ3n) is 4.22. The van der Waals surface area contributed by atoms with E-state index in [9.17, 15) is 4.79 Å². The molecule has 5 heteroatoms. The number of carbonyl (C=O) groups is 1. The Hall–Kier alpha value is -0.840. The molecule has 1 fully saturated rings. The molecule has 2 heterocycles. The first-order valence-corrected chi connectivity index (χ1v) is 8.29. The van der Waals surface area contributed by atoms with Crippen molar-refractivity contribution < 1.29 is 4.79 Å². The number of halogens is 1. The molecule has 1 aliphatic rings. The van der Waals surface area contributed by atoms with Gasteiger partial charge in [0.1, 0.15) is 0 Å². The fourth-order valence-corrected chi connectivity index (χ4v) is 3.44. The first-order valence-electron chi connectivity index (χ1n) is 7.49. The maximum absolute atomic E-state index is 12.2. The summed E-state index contributed by atoms with van der Waals surface area (Å²) < 4.78 is 3.08. The van der Waals surface area contributed by atoms with Crippen molar-refractivity contribution in [2.24, 2.45) is 11.8 Å². The molecule has 1 amide bonds. The predicted octanol–water partition coefficient (Wildman–Crippen LogP) is 3.23. The van der Waals surface area contributed by atoms with Gasteiger partial charge in [0.2, 0.25) is 5.91 Å². The van der Waals surface area contributed by atoms with Crippen LogP contribution in [0.2, 0.25) is 0 Å². The van der Waals surface area contributed by atoms with Gasteiger partial charge in [0.15, 0.2) is 0 Å². The van der Waals surface area contributed by atoms with Crippen molar-refractivity contribution in [3.63, 3.8) is 0 Å². The molecule has 20 heavy (non-hydrogen) atoms. The zero-order chi connectivity index (χ0) is 14.9. The summed E-state index contributed by atoms with van der Waals surface area (Å²) in [7, 11) is 0. The lowest BCUT2D eigenvalue weighted by Gasteiger charge is -2.19. The van der Waals surface area contributed by atoms with Crippen LogP contribution in [0.3, 0.4) is 0 Å². The van der Waals surface area contributed by atoms with E-state index in [1.54, 1.807) is 0 Å². The molecular weight excluding hydrogens is 318 g/mol. The third-order valence-corrected chi connectivity index (χ3v) is 5.14. The van der Waals surface area contributed by atoms with Gasteiger partial charge < -0.3 is 4.90 Å². The van der Waals surface area contributed by atoms with Crippen molar-refractivity contribution >= 4 is 21.8 Å². The van der Waals surface area contributed by atoms with E-state index in [4.69, 9.17) is 0 Å². The SMILES string of the molecule is CCc1nn(CC)c(CN2CC(C(C)C)CC2=O)c1Br. The van der Waals surface area contributed by atoms with Crippen LogP contribution in [0.5, 0.6) is 0 Å². The van der Waals surface area contributed by atoms with Crippen LogP contribution in [-0.4, -0.2) is 27.1 Å². The fraction of sp³-hybridized carbons (Fsp3) is 0.733. The number of hydrogen-bond acceptors (Lipinski definition) is 2. The molecule has 0 bridgehead atoms. The molecule has 0 N–H and O–H groups in total. The first-order chi connectivity index (χ1) is 9.47. The van der Waals surface area contributed by atoms with Gasteiger partial charge in [0.25, 0.3) is 0 Å². The predicted molar refractivity (Wildman–Crippen MR) is 83.3 cm³/mol. The quantitative estimate of drug-likeness (QED) is 0.824. The van der Waals surface area contributed by atoms with Crippen LogP contribution >= 0.6 is 15.9 Å². The summed E-state index contributed by atoms with van der Waals surface area (Å²) in [5.41, 5.74) is 2.20. The van der Waals surface area contributed by atoms with Crippen molar-refractivity contribution in [1.29, 1.82) is 0 Å². The number of carbonyl (C=O) groups excluding carboxylic acids is 1. The Kier molecular flexibility index (Phi) is 4.89. The summed E-state index contributed by atoms with van der Waals surface area (Å²) in [6.45, 7) is 11.0. The fourth-order valence-electron chi connectivity index (χ4n) is 2.75. The molecular formula is C15H24BrN3O. The molecule has 0 spiro atoms. The molecule has 0 saturated carbocycles. The molecule has 1 aliphatic heterocycles. The van der Waals surface area contributed by atoms with Crippen molar-refractivity contribution in [3.8, 4) is 0 Å². The molecule has 1 atom stereocenters. The van der Waals surface area contributed by atoms with Gasteiger partial charge in [-0.1, -0.05) is 20.8 Å². The molecule has 1 saturated heterocycles. The highest BCUT2D eigenvalue weighted by atomic mass is 79.9. The molecule has 0 aromatic carbocycles. The summed E-state index contributed by atoms with van der Waals surface area (Å²) >= 11 is 3.65. The van der Waals surface area contributed by atoms with Crippen LogP contribution in [0, 0.1) is 11.8 Å². The number of hydrogen-bond donors (Lipinski definition) is 0. The summed E-state index contributed by atoms with van der Waals surface area (Å²) in [5, 5.41) is 4.60. The number of aryl methyl sites for hydroxylation is 2. The van der Waals surface area contributed by atoms with Gasteiger partial charge in [-0.15, -0.1) is 0 Å². The van der Waals surface area contributed by atoms with Crippen LogP contribution in [0.15, 0.2) is 4.47 Å². The van der Waals surface area contributed by atoms with Crippen LogP contribution in [0.4, 0.5) is 0 Å². The maximum Gasteiger partial charge on any atom is 0.223 e. The molecule has 2 rings (SSSR count). The molecule has 1 aromatic rings. The van der Waals surface area contributed by atoms with E-state index < -0.39 is 0 Å². The second-order valence-electron chi connectivity index (χ2n) is 5.86. The van der Waals surface area contributed by atoms with E-state index in [2.05, 4.69) is 48.7 Å². The monoisotopic (exact) mass is 341 g/mol. The van der Waals surface area contributed by atoms with Crippen molar-refractivity contribution in [1.82, 2.24) is 14.7 Å². The lowest BCUT2D eigenvalue weighted by atomic mass is 9.95. The Labute approximate surface area is 129 Å². The minimum atomic E-state index is 0.275. The highest BCUT2D eigenvalue weighted by Gasteiger charge is 2.32. The van der Waals surface area contributed by atoms with Crippen LogP contribution < -0.4 is 0 Å². The normalized spacial score (nSPS) is 19.4. The van der Waals surface area contributed by atoms with Crippen molar-refractivity contribution in [2.45, 2.75) is 53.6 Å². The number of rotatable bonds is 5. The number of nitrogens with zero attached hydrogens (tertiary/aromatic N) is 3. The average Bonchev–Trinajstić information content (AvgIpc) is 2.93. The Morgan fingerprint density at radius 3 is 2.60 bits per heavy atom.